The molecule has 2 fully saturated rings. The molecular formula is C24H30N2O4S. The molecule has 2 saturated heterocycles. The van der Waals surface area contributed by atoms with E-state index in [9.17, 15) is 4.79 Å². The van der Waals surface area contributed by atoms with E-state index in [4.69, 9.17) is 14.2 Å². The molecular weight excluding hydrogens is 412 g/mol. The molecule has 5 rings (SSSR count). The monoisotopic (exact) mass is 442 g/mol. The number of hydrogen-bond donors (Lipinski definition) is 0. The van der Waals surface area contributed by atoms with E-state index in [0.29, 0.717) is 0 Å². The van der Waals surface area contributed by atoms with Crippen LogP contribution in [0.5, 0.6) is 11.5 Å². The molecule has 7 heteroatoms. The van der Waals surface area contributed by atoms with Crippen LogP contribution in [0.4, 0.5) is 0 Å². The highest BCUT2D eigenvalue weighted by atomic mass is 32.1. The van der Waals surface area contributed by atoms with Crippen LogP contribution in [0, 0.1) is 18.3 Å². The Bertz CT molecular complexity index is 993. The number of aromatic nitrogens is 1. The van der Waals surface area contributed by atoms with Crippen molar-refractivity contribution in [2.24, 2.45) is 11.3 Å². The maximum absolute atomic E-state index is 12.9. The molecule has 3 aliphatic rings. The molecule has 0 saturated carbocycles. The summed E-state index contributed by atoms with van der Waals surface area (Å²) in [7, 11) is 1.69. The summed E-state index contributed by atoms with van der Waals surface area (Å²) in [5.74, 6) is 2.09. The molecule has 4 heterocycles. The minimum Gasteiger partial charge on any atom is -0.497 e. The van der Waals surface area contributed by atoms with Crippen LogP contribution in [0.25, 0.3) is 0 Å². The average molecular weight is 443 g/mol. The zero-order valence-corrected chi connectivity index (χ0v) is 19.5. The van der Waals surface area contributed by atoms with Gasteiger partial charge in [-0.25, -0.2) is 4.98 Å². The van der Waals surface area contributed by atoms with Crippen molar-refractivity contribution in [3.63, 3.8) is 0 Å². The van der Waals surface area contributed by atoms with Crippen LogP contribution < -0.4 is 9.47 Å². The SMILES string of the molecule is COc1ccc2c(c1)[C@H]1OCC3(CCN(C(=O)c4scnc4C)CC3)C[C@@H]1C(C)(C)O2. The van der Waals surface area contributed by atoms with Gasteiger partial charge >= 0.3 is 0 Å². The third-order valence-electron chi connectivity index (χ3n) is 7.43. The zero-order valence-electron chi connectivity index (χ0n) is 18.6. The van der Waals surface area contributed by atoms with Crippen molar-refractivity contribution in [2.75, 3.05) is 26.8 Å². The fourth-order valence-corrected chi connectivity index (χ4v) is 6.21. The first-order valence-electron chi connectivity index (χ1n) is 11.0. The highest BCUT2D eigenvalue weighted by Crippen LogP contribution is 2.56. The van der Waals surface area contributed by atoms with Gasteiger partial charge in [0.15, 0.2) is 0 Å². The minimum atomic E-state index is -0.313. The molecule has 2 aromatic rings. The lowest BCUT2D eigenvalue weighted by atomic mass is 9.64. The van der Waals surface area contributed by atoms with E-state index in [2.05, 4.69) is 24.9 Å². The second-order valence-electron chi connectivity index (χ2n) is 9.71. The van der Waals surface area contributed by atoms with Gasteiger partial charge in [-0.3, -0.25) is 4.79 Å². The molecule has 0 radical (unpaired) electrons. The van der Waals surface area contributed by atoms with Crippen LogP contribution in [0.15, 0.2) is 23.7 Å². The molecule has 166 valence electrons. The maximum Gasteiger partial charge on any atom is 0.265 e. The fourth-order valence-electron chi connectivity index (χ4n) is 5.44. The third-order valence-corrected chi connectivity index (χ3v) is 8.34. The number of fused-ring (bicyclic) bond motifs is 3. The summed E-state index contributed by atoms with van der Waals surface area (Å²) in [4.78, 5) is 19.9. The lowest BCUT2D eigenvalue weighted by molar-refractivity contribution is -0.173. The van der Waals surface area contributed by atoms with Gasteiger partial charge in [-0.05, 0) is 63.6 Å². The van der Waals surface area contributed by atoms with Crippen molar-refractivity contribution in [1.29, 1.82) is 0 Å². The predicted molar refractivity (Wildman–Crippen MR) is 119 cm³/mol. The molecule has 1 aromatic heterocycles. The number of rotatable bonds is 2. The normalized spacial score (nSPS) is 26.0. The number of methoxy groups -OCH3 is 1. The Hall–Kier alpha value is -2.12. The Morgan fingerprint density at radius 3 is 2.74 bits per heavy atom. The van der Waals surface area contributed by atoms with Gasteiger partial charge in [-0.1, -0.05) is 0 Å². The Labute approximate surface area is 187 Å². The molecule has 1 aromatic carbocycles. The van der Waals surface area contributed by atoms with Crippen LogP contribution in [-0.2, 0) is 4.74 Å². The smallest absolute Gasteiger partial charge is 0.265 e. The Balaban J connectivity index is 1.33. The first-order valence-corrected chi connectivity index (χ1v) is 11.9. The summed E-state index contributed by atoms with van der Waals surface area (Å²) in [5.41, 5.74) is 3.45. The number of carbonyl (C=O) groups is 1. The van der Waals surface area contributed by atoms with Crippen molar-refractivity contribution < 1.29 is 19.0 Å². The Morgan fingerprint density at radius 1 is 1.29 bits per heavy atom. The van der Waals surface area contributed by atoms with Crippen molar-refractivity contribution in [3.8, 4) is 11.5 Å². The van der Waals surface area contributed by atoms with Crippen molar-refractivity contribution in [3.05, 3.63) is 39.8 Å². The standard InChI is InChI=1S/C24H30N2O4S/c1-15-21(31-14-25-15)22(27)26-9-7-24(8-10-26)12-18-20(29-13-24)17-11-16(28-4)5-6-19(17)30-23(18,2)3/h5-6,11,14,18,20H,7-10,12-13H2,1-4H3/t18-,20+/m0/s1. The number of benzene rings is 1. The van der Waals surface area contributed by atoms with E-state index in [0.717, 1.165) is 66.6 Å². The number of thiazole rings is 1. The van der Waals surface area contributed by atoms with Crippen molar-refractivity contribution in [2.45, 2.75) is 51.7 Å². The summed E-state index contributed by atoms with van der Waals surface area (Å²) >= 11 is 1.44. The molecule has 6 nitrogen and oxygen atoms in total. The van der Waals surface area contributed by atoms with Gasteiger partial charge in [0.05, 0.1) is 31.0 Å². The van der Waals surface area contributed by atoms with E-state index < -0.39 is 0 Å². The second kappa shape index (κ2) is 7.48. The van der Waals surface area contributed by atoms with Gasteiger partial charge < -0.3 is 19.1 Å². The fraction of sp³-hybridized carbons (Fsp3) is 0.583. The number of piperidine rings is 1. The topological polar surface area (TPSA) is 60.9 Å². The quantitative estimate of drug-likeness (QED) is 0.679. The summed E-state index contributed by atoms with van der Waals surface area (Å²) in [5, 5.41) is 0. The zero-order chi connectivity index (χ0) is 21.8. The van der Waals surface area contributed by atoms with Crippen LogP contribution in [-0.4, -0.2) is 48.2 Å². The number of likely N-dealkylation sites (tertiary alicyclic amines) is 1. The van der Waals surface area contributed by atoms with Crippen LogP contribution in [0.1, 0.15) is 60.1 Å². The number of carbonyl (C=O) groups excluding carboxylic acids is 1. The minimum absolute atomic E-state index is 0.0129. The summed E-state index contributed by atoms with van der Waals surface area (Å²) in [6, 6.07) is 5.99. The van der Waals surface area contributed by atoms with Gasteiger partial charge in [0.2, 0.25) is 0 Å². The van der Waals surface area contributed by atoms with Crippen LogP contribution in [0.3, 0.4) is 0 Å². The number of nitrogens with zero attached hydrogens (tertiary/aromatic N) is 2. The lowest BCUT2D eigenvalue weighted by Gasteiger charge is -2.54. The molecule has 0 aliphatic carbocycles. The van der Waals surface area contributed by atoms with Gasteiger partial charge in [0.1, 0.15) is 22.0 Å². The maximum atomic E-state index is 12.9. The van der Waals surface area contributed by atoms with Crippen LogP contribution in [0.2, 0.25) is 0 Å². The molecule has 1 amide bonds. The van der Waals surface area contributed by atoms with Crippen molar-refractivity contribution in [1.82, 2.24) is 9.88 Å². The highest BCUT2D eigenvalue weighted by molar-refractivity contribution is 7.11. The van der Waals surface area contributed by atoms with E-state index in [1.165, 1.54) is 11.3 Å². The van der Waals surface area contributed by atoms with Crippen LogP contribution >= 0.6 is 11.3 Å². The second-order valence-corrected chi connectivity index (χ2v) is 10.6. The molecule has 1 spiro atoms. The van der Waals surface area contributed by atoms with E-state index in [-0.39, 0.29) is 28.9 Å². The third kappa shape index (κ3) is 3.52. The molecule has 3 aliphatic heterocycles. The highest BCUT2D eigenvalue weighted by Gasteiger charge is 2.53. The molecule has 0 bridgehead atoms. The van der Waals surface area contributed by atoms with Crippen molar-refractivity contribution >= 4 is 17.2 Å². The number of ether oxygens (including phenoxy) is 3. The van der Waals surface area contributed by atoms with E-state index in [1.807, 2.05) is 24.0 Å². The van der Waals surface area contributed by atoms with E-state index >= 15 is 0 Å². The molecule has 31 heavy (non-hydrogen) atoms. The van der Waals surface area contributed by atoms with Gasteiger partial charge in [0, 0.05) is 24.6 Å². The largest absolute Gasteiger partial charge is 0.497 e. The molecule has 0 unspecified atom stereocenters. The summed E-state index contributed by atoms with van der Waals surface area (Å²) < 4.78 is 18.5. The summed E-state index contributed by atoms with van der Waals surface area (Å²) in [6.07, 6.45) is 2.98. The van der Waals surface area contributed by atoms with Gasteiger partial charge in [-0.2, -0.15) is 0 Å². The molecule has 2 atom stereocenters. The Morgan fingerprint density at radius 2 is 2.06 bits per heavy atom. The first-order chi connectivity index (χ1) is 14.8. The van der Waals surface area contributed by atoms with Gasteiger partial charge in [-0.15, -0.1) is 11.3 Å². The van der Waals surface area contributed by atoms with E-state index in [1.54, 1.807) is 12.6 Å². The average Bonchev–Trinajstić information content (AvgIpc) is 3.19. The Kier molecular flexibility index (Phi) is 5.01. The first kappa shape index (κ1) is 20.8. The van der Waals surface area contributed by atoms with Gasteiger partial charge in [0.25, 0.3) is 5.91 Å². The number of hydrogen-bond acceptors (Lipinski definition) is 6. The molecule has 0 N–H and O–H groups in total. The predicted octanol–water partition coefficient (Wildman–Crippen LogP) is 4.63. The summed E-state index contributed by atoms with van der Waals surface area (Å²) in [6.45, 7) is 8.51. The number of amides is 1. The lowest BCUT2D eigenvalue weighted by Crippen LogP contribution is -2.54. The number of aryl methyl sites for hydroxylation is 1.